The molecule has 4 aromatic rings. The molecule has 0 aliphatic carbocycles. The lowest BCUT2D eigenvalue weighted by molar-refractivity contribution is -0.111. The van der Waals surface area contributed by atoms with Crippen LogP contribution >= 0.6 is 0 Å². The number of rotatable bonds is 3. The SMILES string of the molecule is O=C(Nc1ccccn1)C1=CN(C(=O)c2ccc(F)cc2)CCc2c1[nH]c1ccccc21. The summed E-state index contributed by atoms with van der Waals surface area (Å²) in [4.78, 5) is 35.4. The van der Waals surface area contributed by atoms with Crippen LogP contribution in [0.2, 0.25) is 0 Å². The maximum absolute atomic E-state index is 13.3. The van der Waals surface area contributed by atoms with Crippen LogP contribution in [0.25, 0.3) is 16.5 Å². The predicted octanol–water partition coefficient (Wildman–Crippen LogP) is 4.38. The lowest BCUT2D eigenvalue weighted by atomic mass is 10.0. The summed E-state index contributed by atoms with van der Waals surface area (Å²) >= 11 is 0. The zero-order valence-corrected chi connectivity index (χ0v) is 17.0. The number of fused-ring (bicyclic) bond motifs is 3. The van der Waals surface area contributed by atoms with Gasteiger partial charge in [-0.05, 0) is 54.4 Å². The van der Waals surface area contributed by atoms with E-state index < -0.39 is 5.82 Å². The van der Waals surface area contributed by atoms with Gasteiger partial charge in [-0.25, -0.2) is 9.37 Å². The highest BCUT2D eigenvalue weighted by atomic mass is 19.1. The number of hydrogen-bond acceptors (Lipinski definition) is 3. The average Bonchev–Trinajstić information content (AvgIpc) is 3.07. The number of amides is 2. The summed E-state index contributed by atoms with van der Waals surface area (Å²) in [5.41, 5.74) is 3.25. The Bertz CT molecular complexity index is 1340. The molecule has 0 fully saturated rings. The molecule has 2 aromatic heterocycles. The number of nitrogens with one attached hydrogen (secondary N) is 2. The van der Waals surface area contributed by atoms with Crippen molar-refractivity contribution < 1.29 is 14.0 Å². The molecule has 0 unspecified atom stereocenters. The second kappa shape index (κ2) is 8.11. The first-order chi connectivity index (χ1) is 15.6. The number of benzene rings is 2. The molecule has 7 heteroatoms. The summed E-state index contributed by atoms with van der Waals surface area (Å²) in [7, 11) is 0. The summed E-state index contributed by atoms with van der Waals surface area (Å²) in [6.45, 7) is 0.380. The van der Waals surface area contributed by atoms with Gasteiger partial charge >= 0.3 is 0 Å². The first kappa shape index (κ1) is 19.7. The lowest BCUT2D eigenvalue weighted by Crippen LogP contribution is -2.28. The van der Waals surface area contributed by atoms with Gasteiger partial charge in [-0.2, -0.15) is 0 Å². The molecule has 0 spiro atoms. The molecular formula is C25H19FN4O2. The van der Waals surface area contributed by atoms with Crippen LogP contribution in [0.4, 0.5) is 10.2 Å². The maximum atomic E-state index is 13.3. The summed E-state index contributed by atoms with van der Waals surface area (Å²) in [6.07, 6.45) is 3.71. The molecule has 5 rings (SSSR count). The summed E-state index contributed by atoms with van der Waals surface area (Å²) in [5, 5.41) is 3.81. The molecule has 0 saturated carbocycles. The molecule has 0 saturated heterocycles. The zero-order chi connectivity index (χ0) is 22.1. The monoisotopic (exact) mass is 426 g/mol. The van der Waals surface area contributed by atoms with Crippen molar-refractivity contribution in [3.05, 3.63) is 102 Å². The van der Waals surface area contributed by atoms with Crippen molar-refractivity contribution in [2.24, 2.45) is 0 Å². The van der Waals surface area contributed by atoms with Crippen LogP contribution in [-0.2, 0) is 11.2 Å². The summed E-state index contributed by atoms with van der Waals surface area (Å²) in [6, 6.07) is 18.5. The van der Waals surface area contributed by atoms with Crippen LogP contribution in [0.5, 0.6) is 0 Å². The van der Waals surface area contributed by atoms with E-state index in [0.717, 1.165) is 16.5 Å². The molecular weight excluding hydrogens is 407 g/mol. The second-order valence-electron chi connectivity index (χ2n) is 7.49. The van der Waals surface area contributed by atoms with Crippen LogP contribution in [0, 0.1) is 5.82 Å². The third-order valence-corrected chi connectivity index (χ3v) is 5.47. The first-order valence-corrected chi connectivity index (χ1v) is 10.2. The first-order valence-electron chi connectivity index (χ1n) is 10.2. The molecule has 6 nitrogen and oxygen atoms in total. The fourth-order valence-corrected chi connectivity index (χ4v) is 3.92. The number of nitrogens with zero attached hydrogens (tertiary/aromatic N) is 2. The van der Waals surface area contributed by atoms with Gasteiger partial charge in [0.2, 0.25) is 0 Å². The number of anilines is 1. The Labute approximate surface area is 183 Å². The molecule has 0 bridgehead atoms. The van der Waals surface area contributed by atoms with Gasteiger partial charge in [0.05, 0.1) is 11.3 Å². The van der Waals surface area contributed by atoms with Crippen molar-refractivity contribution >= 4 is 34.1 Å². The molecule has 3 heterocycles. The van der Waals surface area contributed by atoms with E-state index in [4.69, 9.17) is 0 Å². The predicted molar refractivity (Wildman–Crippen MR) is 120 cm³/mol. The number of carbonyl (C=O) groups excluding carboxylic acids is 2. The van der Waals surface area contributed by atoms with Crippen molar-refractivity contribution in [2.75, 3.05) is 11.9 Å². The van der Waals surface area contributed by atoms with Crippen LogP contribution in [0.15, 0.2) is 79.1 Å². The van der Waals surface area contributed by atoms with E-state index in [-0.39, 0.29) is 11.8 Å². The molecule has 2 aromatic carbocycles. The van der Waals surface area contributed by atoms with Gasteiger partial charge in [0.25, 0.3) is 11.8 Å². The van der Waals surface area contributed by atoms with Crippen LogP contribution in [-0.4, -0.2) is 33.2 Å². The standard InChI is InChI=1S/C25H19FN4O2/c26-17-10-8-16(9-11-17)25(32)30-14-12-19-18-5-1-2-6-21(18)28-23(19)20(15-30)24(31)29-22-7-3-4-13-27-22/h1-11,13,15,28H,12,14H2,(H,27,29,31). The van der Waals surface area contributed by atoms with E-state index in [1.165, 1.54) is 29.2 Å². The number of aromatic nitrogens is 2. The lowest BCUT2D eigenvalue weighted by Gasteiger charge is -2.18. The Kier molecular flexibility index (Phi) is 4.99. The van der Waals surface area contributed by atoms with Crippen molar-refractivity contribution in [3.63, 3.8) is 0 Å². The van der Waals surface area contributed by atoms with Gasteiger partial charge in [-0.1, -0.05) is 24.3 Å². The van der Waals surface area contributed by atoms with Gasteiger partial charge < -0.3 is 15.2 Å². The van der Waals surface area contributed by atoms with Crippen LogP contribution in [0.3, 0.4) is 0 Å². The average molecular weight is 426 g/mol. The normalized spacial score (nSPS) is 13.3. The van der Waals surface area contributed by atoms with E-state index >= 15 is 0 Å². The highest BCUT2D eigenvalue weighted by Crippen LogP contribution is 2.31. The highest BCUT2D eigenvalue weighted by molar-refractivity contribution is 6.26. The molecule has 1 aliphatic rings. The van der Waals surface area contributed by atoms with E-state index in [2.05, 4.69) is 15.3 Å². The van der Waals surface area contributed by atoms with Gasteiger partial charge in [-0.3, -0.25) is 9.59 Å². The number of halogens is 1. The van der Waals surface area contributed by atoms with E-state index in [0.29, 0.717) is 35.6 Å². The number of pyridine rings is 1. The van der Waals surface area contributed by atoms with Gasteiger partial charge in [0, 0.05) is 35.4 Å². The Morgan fingerprint density at radius 2 is 1.78 bits per heavy atom. The van der Waals surface area contributed by atoms with E-state index in [1.54, 1.807) is 30.6 Å². The van der Waals surface area contributed by atoms with Crippen LogP contribution in [0.1, 0.15) is 21.6 Å². The van der Waals surface area contributed by atoms with E-state index in [9.17, 15) is 14.0 Å². The van der Waals surface area contributed by atoms with Gasteiger partial charge in [-0.15, -0.1) is 0 Å². The quantitative estimate of drug-likeness (QED) is 0.510. The smallest absolute Gasteiger partial charge is 0.260 e. The molecule has 32 heavy (non-hydrogen) atoms. The Morgan fingerprint density at radius 3 is 2.56 bits per heavy atom. The topological polar surface area (TPSA) is 78.1 Å². The Balaban J connectivity index is 1.57. The third-order valence-electron chi connectivity index (χ3n) is 5.47. The minimum absolute atomic E-state index is 0.303. The number of carbonyl (C=O) groups is 2. The maximum Gasteiger partial charge on any atom is 0.260 e. The largest absolute Gasteiger partial charge is 0.354 e. The van der Waals surface area contributed by atoms with E-state index in [1.807, 2.05) is 24.3 Å². The summed E-state index contributed by atoms with van der Waals surface area (Å²) in [5.74, 6) is -0.681. The highest BCUT2D eigenvalue weighted by Gasteiger charge is 2.27. The van der Waals surface area contributed by atoms with Crippen molar-refractivity contribution in [1.82, 2.24) is 14.9 Å². The molecule has 0 radical (unpaired) electrons. The Morgan fingerprint density at radius 1 is 1.00 bits per heavy atom. The van der Waals surface area contributed by atoms with Crippen molar-refractivity contribution in [3.8, 4) is 0 Å². The number of aromatic amines is 1. The fraction of sp³-hybridized carbons (Fsp3) is 0.0800. The molecule has 2 amide bonds. The van der Waals surface area contributed by atoms with Crippen molar-refractivity contribution in [1.29, 1.82) is 0 Å². The number of para-hydroxylation sites is 1. The molecule has 158 valence electrons. The molecule has 2 N–H and O–H groups in total. The third kappa shape index (κ3) is 3.65. The number of hydrogen-bond donors (Lipinski definition) is 2. The Hall–Kier alpha value is -4.26. The van der Waals surface area contributed by atoms with Gasteiger partial charge in [0.15, 0.2) is 0 Å². The number of H-pyrrole nitrogens is 1. The molecule has 1 aliphatic heterocycles. The molecule has 0 atom stereocenters. The zero-order valence-electron chi connectivity index (χ0n) is 17.0. The summed E-state index contributed by atoms with van der Waals surface area (Å²) < 4.78 is 13.3. The minimum Gasteiger partial charge on any atom is -0.354 e. The van der Waals surface area contributed by atoms with Gasteiger partial charge in [0.1, 0.15) is 11.6 Å². The second-order valence-corrected chi connectivity index (χ2v) is 7.49. The van der Waals surface area contributed by atoms with Crippen molar-refractivity contribution in [2.45, 2.75) is 6.42 Å². The van der Waals surface area contributed by atoms with Crippen LogP contribution < -0.4 is 5.32 Å². The fourth-order valence-electron chi connectivity index (χ4n) is 3.92. The minimum atomic E-state index is -0.412.